The molecule has 1 aromatic rings. The highest BCUT2D eigenvalue weighted by Crippen LogP contribution is 2.19. The molecule has 0 aliphatic carbocycles. The molecule has 0 fully saturated rings. The second-order valence-electron chi connectivity index (χ2n) is 3.49. The summed E-state index contributed by atoms with van der Waals surface area (Å²) in [5.41, 5.74) is 0.961. The third-order valence-electron chi connectivity index (χ3n) is 2.35. The van der Waals surface area contributed by atoms with E-state index in [0.29, 0.717) is 0 Å². The quantitative estimate of drug-likeness (QED) is 0.741. The van der Waals surface area contributed by atoms with Crippen LogP contribution in [0.15, 0.2) is 30.3 Å². The molecule has 0 spiro atoms. The van der Waals surface area contributed by atoms with E-state index in [-0.39, 0.29) is 17.9 Å². The van der Waals surface area contributed by atoms with Gasteiger partial charge in [-0.3, -0.25) is 14.5 Å². The van der Waals surface area contributed by atoms with E-state index in [2.05, 4.69) is 0 Å². The van der Waals surface area contributed by atoms with Gasteiger partial charge in [-0.15, -0.1) is 0 Å². The summed E-state index contributed by atoms with van der Waals surface area (Å²) in [7, 11) is 0. The lowest BCUT2D eigenvalue weighted by Gasteiger charge is -2.25. The van der Waals surface area contributed by atoms with Crippen molar-refractivity contribution in [3.63, 3.8) is 0 Å². The number of imide groups is 1. The monoisotopic (exact) mass is 205 g/mol. The standard InChI is InChI=1S/C12H15NO2/c1-9(12-7-5-4-6-8-12)13(10(2)14)11(3)15/h4-9H,1-3H3/t9-/m1/s1. The van der Waals surface area contributed by atoms with Gasteiger partial charge in [0.25, 0.3) is 0 Å². The van der Waals surface area contributed by atoms with Crippen molar-refractivity contribution in [2.24, 2.45) is 0 Å². The number of carbonyl (C=O) groups excluding carboxylic acids is 2. The highest BCUT2D eigenvalue weighted by Gasteiger charge is 2.21. The lowest BCUT2D eigenvalue weighted by molar-refractivity contribution is -0.144. The molecule has 1 rings (SSSR count). The van der Waals surface area contributed by atoms with Crippen LogP contribution in [0.25, 0.3) is 0 Å². The fourth-order valence-electron chi connectivity index (χ4n) is 1.65. The molecular formula is C12H15NO2. The van der Waals surface area contributed by atoms with Gasteiger partial charge in [-0.05, 0) is 12.5 Å². The average Bonchev–Trinajstić information content (AvgIpc) is 2.18. The second kappa shape index (κ2) is 4.73. The highest BCUT2D eigenvalue weighted by molar-refractivity contribution is 5.93. The van der Waals surface area contributed by atoms with Gasteiger partial charge in [-0.25, -0.2) is 0 Å². The van der Waals surface area contributed by atoms with E-state index in [4.69, 9.17) is 0 Å². The Morgan fingerprint density at radius 2 is 1.53 bits per heavy atom. The van der Waals surface area contributed by atoms with Gasteiger partial charge in [-0.1, -0.05) is 30.3 Å². The maximum absolute atomic E-state index is 11.3. The molecule has 80 valence electrons. The summed E-state index contributed by atoms with van der Waals surface area (Å²) in [6, 6.07) is 9.30. The van der Waals surface area contributed by atoms with Crippen LogP contribution in [0.2, 0.25) is 0 Å². The zero-order valence-electron chi connectivity index (χ0n) is 9.23. The summed E-state index contributed by atoms with van der Waals surface area (Å²) < 4.78 is 0. The predicted octanol–water partition coefficient (Wildman–Crippen LogP) is 2.14. The Kier molecular flexibility index (Phi) is 3.61. The minimum absolute atomic E-state index is 0.207. The van der Waals surface area contributed by atoms with Crippen molar-refractivity contribution in [3.05, 3.63) is 35.9 Å². The van der Waals surface area contributed by atoms with Crippen molar-refractivity contribution < 1.29 is 9.59 Å². The van der Waals surface area contributed by atoms with Gasteiger partial charge >= 0.3 is 0 Å². The molecule has 0 aliphatic rings. The number of hydrogen-bond acceptors (Lipinski definition) is 2. The minimum atomic E-state index is -0.223. The topological polar surface area (TPSA) is 37.4 Å². The molecule has 0 saturated carbocycles. The molecule has 0 saturated heterocycles. The van der Waals surface area contributed by atoms with Crippen LogP contribution in [0.4, 0.5) is 0 Å². The fraction of sp³-hybridized carbons (Fsp3) is 0.333. The largest absolute Gasteiger partial charge is 0.276 e. The Balaban J connectivity index is 2.96. The Morgan fingerprint density at radius 3 is 1.93 bits per heavy atom. The van der Waals surface area contributed by atoms with Crippen molar-refractivity contribution in [1.29, 1.82) is 0 Å². The number of rotatable bonds is 2. The fourth-order valence-corrected chi connectivity index (χ4v) is 1.65. The molecule has 0 N–H and O–H groups in total. The number of benzene rings is 1. The van der Waals surface area contributed by atoms with Crippen LogP contribution >= 0.6 is 0 Å². The van der Waals surface area contributed by atoms with Gasteiger partial charge in [0.15, 0.2) is 0 Å². The van der Waals surface area contributed by atoms with Gasteiger partial charge in [0.1, 0.15) is 0 Å². The van der Waals surface area contributed by atoms with Crippen LogP contribution in [0.5, 0.6) is 0 Å². The van der Waals surface area contributed by atoms with Gasteiger partial charge < -0.3 is 0 Å². The van der Waals surface area contributed by atoms with Crippen LogP contribution in [-0.2, 0) is 9.59 Å². The smallest absolute Gasteiger partial charge is 0.226 e. The van der Waals surface area contributed by atoms with Crippen molar-refractivity contribution >= 4 is 11.8 Å². The van der Waals surface area contributed by atoms with Crippen LogP contribution < -0.4 is 0 Å². The first-order chi connectivity index (χ1) is 7.04. The molecule has 0 heterocycles. The molecule has 0 aromatic heterocycles. The zero-order chi connectivity index (χ0) is 11.4. The number of hydrogen-bond donors (Lipinski definition) is 0. The number of amides is 2. The van der Waals surface area contributed by atoms with Gasteiger partial charge in [0.2, 0.25) is 11.8 Å². The molecule has 0 radical (unpaired) electrons. The summed E-state index contributed by atoms with van der Waals surface area (Å²) >= 11 is 0. The highest BCUT2D eigenvalue weighted by atomic mass is 16.2. The van der Waals surface area contributed by atoms with E-state index in [0.717, 1.165) is 5.56 Å². The molecule has 3 nitrogen and oxygen atoms in total. The third kappa shape index (κ3) is 2.65. The van der Waals surface area contributed by atoms with E-state index in [1.165, 1.54) is 18.7 Å². The first kappa shape index (κ1) is 11.4. The molecule has 3 heteroatoms. The van der Waals surface area contributed by atoms with E-state index in [1.54, 1.807) is 0 Å². The van der Waals surface area contributed by atoms with Crippen molar-refractivity contribution in [1.82, 2.24) is 4.90 Å². The molecule has 1 aromatic carbocycles. The lowest BCUT2D eigenvalue weighted by atomic mass is 10.1. The van der Waals surface area contributed by atoms with E-state index in [1.807, 2.05) is 37.3 Å². The van der Waals surface area contributed by atoms with E-state index in [9.17, 15) is 9.59 Å². The van der Waals surface area contributed by atoms with Crippen LogP contribution in [0.1, 0.15) is 32.4 Å². The molecular weight excluding hydrogens is 190 g/mol. The molecule has 0 bridgehead atoms. The van der Waals surface area contributed by atoms with Crippen LogP contribution in [-0.4, -0.2) is 16.7 Å². The first-order valence-corrected chi connectivity index (χ1v) is 4.89. The molecule has 0 unspecified atom stereocenters. The van der Waals surface area contributed by atoms with Crippen molar-refractivity contribution in [2.75, 3.05) is 0 Å². The lowest BCUT2D eigenvalue weighted by Crippen LogP contribution is -2.35. The maximum atomic E-state index is 11.3. The van der Waals surface area contributed by atoms with Gasteiger partial charge in [-0.2, -0.15) is 0 Å². The van der Waals surface area contributed by atoms with E-state index < -0.39 is 0 Å². The van der Waals surface area contributed by atoms with Crippen molar-refractivity contribution in [2.45, 2.75) is 26.8 Å². The normalized spacial score (nSPS) is 11.9. The Hall–Kier alpha value is -1.64. The summed E-state index contributed by atoms with van der Waals surface area (Å²) in [5.74, 6) is -0.447. The van der Waals surface area contributed by atoms with Crippen LogP contribution in [0, 0.1) is 0 Å². The first-order valence-electron chi connectivity index (χ1n) is 4.89. The maximum Gasteiger partial charge on any atom is 0.226 e. The summed E-state index contributed by atoms with van der Waals surface area (Å²) in [6.45, 7) is 4.65. The number of nitrogens with zero attached hydrogens (tertiary/aromatic N) is 1. The molecule has 1 atom stereocenters. The SMILES string of the molecule is CC(=O)N(C(C)=O)[C@H](C)c1ccccc1. The summed E-state index contributed by atoms with van der Waals surface area (Å²) in [4.78, 5) is 23.9. The van der Waals surface area contributed by atoms with Crippen molar-refractivity contribution in [3.8, 4) is 0 Å². The summed E-state index contributed by atoms with van der Waals surface area (Å²) in [6.07, 6.45) is 0. The Morgan fingerprint density at radius 1 is 1.07 bits per heavy atom. The van der Waals surface area contributed by atoms with Crippen LogP contribution in [0.3, 0.4) is 0 Å². The third-order valence-corrected chi connectivity index (χ3v) is 2.35. The van der Waals surface area contributed by atoms with Gasteiger partial charge in [0.05, 0.1) is 6.04 Å². The zero-order valence-corrected chi connectivity index (χ0v) is 9.23. The minimum Gasteiger partial charge on any atom is -0.276 e. The molecule has 0 aliphatic heterocycles. The molecule has 15 heavy (non-hydrogen) atoms. The predicted molar refractivity (Wildman–Crippen MR) is 58.1 cm³/mol. The summed E-state index contributed by atoms with van der Waals surface area (Å²) in [5, 5.41) is 0. The number of carbonyl (C=O) groups is 2. The Labute approximate surface area is 89.7 Å². The second-order valence-corrected chi connectivity index (χ2v) is 3.49. The average molecular weight is 205 g/mol. The molecule has 2 amide bonds. The Bertz CT molecular complexity index is 345. The van der Waals surface area contributed by atoms with E-state index >= 15 is 0 Å². The van der Waals surface area contributed by atoms with Gasteiger partial charge in [0, 0.05) is 13.8 Å².